The highest BCUT2D eigenvalue weighted by Gasteiger charge is 2.32. The van der Waals surface area contributed by atoms with Gasteiger partial charge in [0, 0.05) is 96.9 Å². The molecule has 1 saturated heterocycles. The summed E-state index contributed by atoms with van der Waals surface area (Å²) in [6.45, 7) is 31.1. The number of rotatable bonds is 13. The molecule has 3 aliphatic carbocycles. The van der Waals surface area contributed by atoms with E-state index in [1.807, 2.05) is 42.5 Å². The van der Waals surface area contributed by atoms with Crippen LogP contribution >= 0.6 is 15.9 Å². The van der Waals surface area contributed by atoms with E-state index in [-0.39, 0.29) is 91.6 Å². The van der Waals surface area contributed by atoms with Crippen LogP contribution in [0.2, 0.25) is 0 Å². The molecule has 5 amide bonds. The molecule has 0 aromatic heterocycles. The first-order valence-electron chi connectivity index (χ1n) is 34.4. The number of ether oxygens (including phenoxy) is 2. The van der Waals surface area contributed by atoms with Crippen LogP contribution in [0.25, 0.3) is 26.4 Å². The summed E-state index contributed by atoms with van der Waals surface area (Å²) in [5.74, 6) is 1.06. The molecule has 3 aromatic rings. The lowest BCUT2D eigenvalue weighted by Gasteiger charge is -2.30. The second-order valence-corrected chi connectivity index (χ2v) is 29.5. The number of nitrogens with zero attached hydrogens (tertiary/aromatic N) is 9. The molecule has 106 heavy (non-hydrogen) atoms. The summed E-state index contributed by atoms with van der Waals surface area (Å²) in [5, 5.41) is 39.7. The van der Waals surface area contributed by atoms with Crippen LogP contribution in [0, 0.1) is 39.5 Å². The van der Waals surface area contributed by atoms with E-state index < -0.39 is 17.2 Å². The smallest absolute Gasteiger partial charge is 0.413 e. The maximum atomic E-state index is 12.9. The van der Waals surface area contributed by atoms with Gasteiger partial charge in [-0.15, -0.1) is 9.98 Å². The zero-order valence-corrected chi connectivity index (χ0v) is 60.8. The average molecular weight is 1510 g/mol. The van der Waals surface area contributed by atoms with Crippen LogP contribution in [-0.4, -0.2) is 123 Å². The van der Waals surface area contributed by atoms with E-state index >= 15 is 0 Å². The van der Waals surface area contributed by atoms with Crippen LogP contribution in [-0.2, 0) is 23.9 Å². The molecule has 2 atom stereocenters. The molecular weight excluding hydrogens is 1410 g/mol. The van der Waals surface area contributed by atoms with Gasteiger partial charge in [-0.05, 0) is 166 Å². The topological polar surface area (TPSA) is 338 Å². The van der Waals surface area contributed by atoms with Gasteiger partial charge in [0.05, 0.1) is 27.3 Å². The molecule has 0 radical (unpaired) electrons. The quantitative estimate of drug-likeness (QED) is 0.0333. The molecule has 3 aromatic carbocycles. The maximum Gasteiger partial charge on any atom is 0.413 e. The summed E-state index contributed by atoms with van der Waals surface area (Å²) in [4.78, 5) is 100. The third-order valence-corrected chi connectivity index (χ3v) is 19.9. The van der Waals surface area contributed by atoms with E-state index in [0.29, 0.717) is 97.9 Å². The zero-order chi connectivity index (χ0) is 73.6. The van der Waals surface area contributed by atoms with Gasteiger partial charge in [0.1, 0.15) is 15.4 Å². The van der Waals surface area contributed by atoms with Gasteiger partial charge in [-0.3, -0.25) is 35.0 Å². The number of aliphatic imine (C=N–C) groups is 5. The number of anilines is 3. The maximum absolute atomic E-state index is 12.9. The van der Waals surface area contributed by atoms with Crippen LogP contribution in [0.4, 0.5) is 26.7 Å². The van der Waals surface area contributed by atoms with Crippen LogP contribution in [0.1, 0.15) is 192 Å². The molecule has 0 spiro atoms. The average Bonchev–Trinajstić information content (AvgIpc) is 1.20. The molecule has 27 nitrogen and oxygen atoms in total. The van der Waals surface area contributed by atoms with E-state index in [1.54, 1.807) is 12.2 Å². The van der Waals surface area contributed by atoms with Gasteiger partial charge in [0.15, 0.2) is 16.5 Å². The van der Waals surface area contributed by atoms with Crippen molar-refractivity contribution in [3.63, 3.8) is 0 Å². The number of amides is 5. The van der Waals surface area contributed by atoms with E-state index in [4.69, 9.17) is 13.1 Å². The number of halogens is 1. The molecule has 6 heterocycles. The summed E-state index contributed by atoms with van der Waals surface area (Å²) >= 11 is 3.33. The standard InChI is InChI=1S/C26H30N6O3.C25H30BrN5O3.C24H27N7O3.3CH4/c1-26(2)11-9-16(10-12-26)19-13-17(18-14-28-24(29-15-18)32-25(34)35-4)5-6-20(19)31-23(33)21-7-8-22(27-3)30-21;1-25(2)10-8-15(9-11-25)18-12-16(17-13-27-23(28-14-17)31-24(33)34-3)4-5-19(18)30-22(32)20-6-7-21(26)29-20;1-24(2)10-8-15(9-11-24)18-12-16(17-13-26-23(27-14-17)30-31(33)34)4-5-19(18)29-22(32)20-6-7-21(25-3)28-20;;;/h5-6,8-9,13,18H,7,10-12,14-15H2,1-2,4H3,(H,31,33)(H2,28,29,32,34);4-5,7-8,12,17H,6,9-11,13-14H2,1-3H3,(H,30,32)(H2,27,28,31,33);4-5,7-8,12,17H,6,9-11,13-14H2,1-2H3,(H,29,32)(H2,26,27,30);3*1H4. The summed E-state index contributed by atoms with van der Waals surface area (Å²) in [6.07, 6.45) is 21.1. The third kappa shape index (κ3) is 22.1. The number of guanidine groups is 3. The number of benzene rings is 3. The number of hydrogen-bond donors (Lipinski definition) is 9. The lowest BCUT2D eigenvalue weighted by Crippen LogP contribution is -2.48. The van der Waals surface area contributed by atoms with Crippen molar-refractivity contribution >= 4 is 115 Å². The van der Waals surface area contributed by atoms with Gasteiger partial charge in [0.2, 0.25) is 11.9 Å². The van der Waals surface area contributed by atoms with Crippen molar-refractivity contribution in [3.8, 4) is 0 Å². The summed E-state index contributed by atoms with van der Waals surface area (Å²) in [5.41, 5.74) is 14.2. The number of alkyl carbamates (subject to hydrolysis) is 2. The van der Waals surface area contributed by atoms with E-state index in [0.717, 1.165) is 103 Å². The van der Waals surface area contributed by atoms with Gasteiger partial charge < -0.3 is 56.4 Å². The van der Waals surface area contributed by atoms with Crippen molar-refractivity contribution in [1.82, 2.24) is 31.9 Å². The molecule has 28 heteroatoms. The van der Waals surface area contributed by atoms with Gasteiger partial charge >= 0.3 is 12.2 Å². The number of nitro groups is 1. The first-order valence-corrected chi connectivity index (χ1v) is 35.2. The Bertz CT molecular complexity index is 4370. The Morgan fingerprint density at radius 1 is 0.528 bits per heavy atom. The Kier molecular flexibility index (Phi) is 28.5. The number of methoxy groups -OCH3 is 2. The van der Waals surface area contributed by atoms with E-state index in [2.05, 4.69) is 191 Å². The summed E-state index contributed by atoms with van der Waals surface area (Å²) in [7, 11) is 2.63. The van der Waals surface area contributed by atoms with E-state index in [9.17, 15) is 34.1 Å². The second-order valence-electron chi connectivity index (χ2n) is 28.6. The summed E-state index contributed by atoms with van der Waals surface area (Å²) in [6, 6.07) is 18.2. The molecule has 562 valence electrons. The predicted octanol–water partition coefficient (Wildman–Crippen LogP) is 14.5. The molecule has 2 unspecified atom stereocenters. The lowest BCUT2D eigenvalue weighted by molar-refractivity contribution is -0.485. The molecule has 9 N–H and O–H groups in total. The Morgan fingerprint density at radius 2 is 0.877 bits per heavy atom. The summed E-state index contributed by atoms with van der Waals surface area (Å²) < 4.78 is 9.93. The SMILES string of the molecule is C.C.C.COC(=O)NC1=NCC(c2ccc(NC(=O)C3=NC(Br)=CC3)c(C3=CCC(C)(C)CC3)c2)CN1.[C-]#[N+]C1=CCC(C(=O)Nc2ccc(C3CN=C(NC(=O)OC)NC3)cc2C2=CCC(C)(C)CC2)=N1.[C-]#[N+]C1=CCC(C(=O)Nc2ccc(C3CNC(=N[N+](=O)[O-])NC3)cc2C2=CCC(C)(C)CC2)=N1. The number of hydrazone groups is 1. The fraction of sp³-hybridized carbons (Fsp3) is 0.449. The number of hydrogen-bond acceptors (Lipinski definition) is 16. The predicted molar refractivity (Wildman–Crippen MR) is 425 cm³/mol. The molecule has 9 aliphatic rings. The van der Waals surface area contributed by atoms with Crippen molar-refractivity contribution in [1.29, 1.82) is 0 Å². The lowest BCUT2D eigenvalue weighted by atomic mass is 9.76. The fourth-order valence-corrected chi connectivity index (χ4v) is 13.3. The Balaban J connectivity index is 0.000000219. The highest BCUT2D eigenvalue weighted by atomic mass is 79.9. The number of nitrogens with one attached hydrogen (secondary N) is 9. The van der Waals surface area contributed by atoms with Gasteiger partial charge in [-0.2, -0.15) is 0 Å². The minimum Gasteiger partial charge on any atom is -0.453 e. The second kappa shape index (κ2) is 36.7. The van der Waals surface area contributed by atoms with Crippen LogP contribution < -0.4 is 47.9 Å². The van der Waals surface area contributed by atoms with Crippen molar-refractivity contribution in [2.45, 2.75) is 159 Å². The van der Waals surface area contributed by atoms with Crippen LogP contribution in [0.3, 0.4) is 0 Å². The Morgan fingerprint density at radius 3 is 1.17 bits per heavy atom. The molecule has 12 rings (SSSR count). The number of allylic oxidation sites excluding steroid dienone is 9. The zero-order valence-electron chi connectivity index (χ0n) is 59.2. The number of carbonyl (C=O) groups is 5. The first kappa shape index (κ1) is 82.4. The van der Waals surface area contributed by atoms with Crippen LogP contribution in [0.15, 0.2) is 137 Å². The normalized spacial score (nSPS) is 20.5. The highest BCUT2D eigenvalue weighted by Crippen LogP contribution is 2.44. The molecule has 1 fully saturated rings. The highest BCUT2D eigenvalue weighted by molar-refractivity contribution is 9.11. The van der Waals surface area contributed by atoms with Crippen molar-refractivity contribution in [2.75, 3.05) is 69.4 Å². The molecule has 0 saturated carbocycles. The monoisotopic (exact) mass is 1510 g/mol. The fourth-order valence-electron chi connectivity index (χ4n) is 12.9. The minimum atomic E-state index is -0.729. The largest absolute Gasteiger partial charge is 0.453 e. The number of carbonyl (C=O) groups excluding carboxylic acids is 5. The van der Waals surface area contributed by atoms with Gasteiger partial charge in [0.25, 0.3) is 35.3 Å². The van der Waals surface area contributed by atoms with Gasteiger partial charge in [-0.25, -0.2) is 24.7 Å². The first-order chi connectivity index (χ1) is 49.2. The molecular formula is C78H99BrN18O9. The van der Waals surface area contributed by atoms with Gasteiger partial charge in [-0.1, -0.05) is 126 Å². The minimum absolute atomic E-state index is 0. The van der Waals surface area contributed by atoms with E-state index in [1.165, 1.54) is 30.9 Å². The Hall–Kier alpha value is -10.9. The third-order valence-electron chi connectivity index (χ3n) is 19.4. The molecule has 0 bridgehead atoms. The van der Waals surface area contributed by atoms with Crippen LogP contribution in [0.5, 0.6) is 0 Å². The van der Waals surface area contributed by atoms with Crippen molar-refractivity contribution in [3.05, 3.63) is 174 Å². The molecule has 6 aliphatic heterocycles. The van der Waals surface area contributed by atoms with Crippen molar-refractivity contribution < 1.29 is 38.5 Å². The Labute approximate surface area is 629 Å². The van der Waals surface area contributed by atoms with Crippen molar-refractivity contribution in [2.24, 2.45) is 46.3 Å².